The Bertz CT molecular complexity index is 383. The first-order valence-electron chi connectivity index (χ1n) is 5.59. The molecule has 1 aromatic rings. The largest absolute Gasteiger partial charge is 0.363 e. The maximum atomic E-state index is 6.07. The third-order valence-corrected chi connectivity index (χ3v) is 3.11. The summed E-state index contributed by atoms with van der Waals surface area (Å²) in [6.45, 7) is 3.76. The quantitative estimate of drug-likeness (QED) is 0.813. The molecule has 0 bridgehead atoms. The summed E-state index contributed by atoms with van der Waals surface area (Å²) < 4.78 is 0. The summed E-state index contributed by atoms with van der Waals surface area (Å²) in [5, 5.41) is 8.30. The van der Waals surface area contributed by atoms with Gasteiger partial charge in [-0.15, -0.1) is 0 Å². The van der Waals surface area contributed by atoms with Gasteiger partial charge in [0.2, 0.25) is 0 Å². The Morgan fingerprint density at radius 3 is 2.59 bits per heavy atom. The average molecular weight is 291 g/mol. The molecule has 0 radical (unpaired) electrons. The fraction of sp³-hybridized carbons (Fsp3) is 0.417. The van der Waals surface area contributed by atoms with Gasteiger partial charge in [-0.3, -0.25) is 0 Å². The number of nitrogens with one attached hydrogen (secondary N) is 2. The summed E-state index contributed by atoms with van der Waals surface area (Å²) in [6, 6.07) is 5.54. The van der Waals surface area contributed by atoms with Gasteiger partial charge in [0.1, 0.15) is 0 Å². The molecule has 17 heavy (non-hydrogen) atoms. The van der Waals surface area contributed by atoms with E-state index < -0.39 is 0 Å². The highest BCUT2D eigenvalue weighted by atomic mass is 35.5. The van der Waals surface area contributed by atoms with Gasteiger partial charge in [0.05, 0.1) is 0 Å². The lowest BCUT2D eigenvalue weighted by molar-refractivity contribution is 0.791. The molecule has 0 saturated heterocycles. The lowest BCUT2D eigenvalue weighted by Gasteiger charge is -2.10. The maximum Gasteiger partial charge on any atom is 0.166 e. The first kappa shape index (κ1) is 14.6. The molecule has 94 valence electrons. The maximum absolute atomic E-state index is 6.07. The van der Waals surface area contributed by atoms with Crippen molar-refractivity contribution in [2.45, 2.75) is 19.8 Å². The minimum atomic E-state index is 0.659. The van der Waals surface area contributed by atoms with Gasteiger partial charge in [-0.25, -0.2) is 0 Å². The highest BCUT2D eigenvalue weighted by Gasteiger charge is 2.01. The molecule has 0 fully saturated rings. The van der Waals surface area contributed by atoms with Crippen LogP contribution in [0.4, 0.5) is 0 Å². The molecule has 1 rings (SSSR count). The Labute approximate surface area is 118 Å². The first-order chi connectivity index (χ1) is 8.13. The molecule has 0 saturated carbocycles. The third-order valence-electron chi connectivity index (χ3n) is 2.23. The molecule has 5 heteroatoms. The fourth-order valence-corrected chi connectivity index (χ4v) is 2.04. The van der Waals surface area contributed by atoms with E-state index in [2.05, 4.69) is 17.6 Å². The van der Waals surface area contributed by atoms with Crippen molar-refractivity contribution >= 4 is 40.5 Å². The van der Waals surface area contributed by atoms with Gasteiger partial charge in [0, 0.05) is 23.1 Å². The summed E-state index contributed by atoms with van der Waals surface area (Å²) in [6.07, 6.45) is 1.88. The van der Waals surface area contributed by atoms with Gasteiger partial charge < -0.3 is 10.6 Å². The van der Waals surface area contributed by atoms with E-state index in [1.54, 1.807) is 6.07 Å². The molecule has 2 N–H and O–H groups in total. The smallest absolute Gasteiger partial charge is 0.166 e. The molecule has 0 aromatic heterocycles. The van der Waals surface area contributed by atoms with Crippen LogP contribution in [-0.2, 0) is 6.42 Å². The number of rotatable bonds is 5. The lowest BCUT2D eigenvalue weighted by atomic mass is 10.1. The molecular formula is C12H16Cl2N2S. The second-order valence-electron chi connectivity index (χ2n) is 3.67. The van der Waals surface area contributed by atoms with E-state index in [-0.39, 0.29) is 0 Å². The topological polar surface area (TPSA) is 24.1 Å². The zero-order valence-electron chi connectivity index (χ0n) is 9.72. The predicted molar refractivity (Wildman–Crippen MR) is 79.1 cm³/mol. The zero-order chi connectivity index (χ0) is 12.7. The first-order valence-corrected chi connectivity index (χ1v) is 6.75. The van der Waals surface area contributed by atoms with Crippen LogP contribution >= 0.6 is 35.4 Å². The minimum Gasteiger partial charge on any atom is -0.363 e. The van der Waals surface area contributed by atoms with Gasteiger partial charge in [-0.1, -0.05) is 36.2 Å². The molecule has 0 aliphatic heterocycles. The standard InChI is InChI=1S/C12H16Cl2N2S/c1-2-6-15-12(17)16-7-5-9-3-4-10(13)8-11(9)14/h3-4,8H,2,5-7H2,1H3,(H2,15,16,17). The number of hydrogen-bond donors (Lipinski definition) is 2. The van der Waals surface area contributed by atoms with Crippen molar-refractivity contribution in [2.24, 2.45) is 0 Å². The summed E-state index contributed by atoms with van der Waals surface area (Å²) in [5.41, 5.74) is 1.07. The van der Waals surface area contributed by atoms with Crippen molar-refractivity contribution in [3.63, 3.8) is 0 Å². The number of hydrogen-bond acceptors (Lipinski definition) is 1. The van der Waals surface area contributed by atoms with Crippen LogP contribution < -0.4 is 10.6 Å². The zero-order valence-corrected chi connectivity index (χ0v) is 12.1. The summed E-state index contributed by atoms with van der Waals surface area (Å²) in [5.74, 6) is 0. The normalized spacial score (nSPS) is 10.1. The van der Waals surface area contributed by atoms with E-state index in [9.17, 15) is 0 Å². The lowest BCUT2D eigenvalue weighted by Crippen LogP contribution is -2.36. The van der Waals surface area contributed by atoms with E-state index in [4.69, 9.17) is 35.4 Å². The van der Waals surface area contributed by atoms with E-state index in [1.807, 2.05) is 12.1 Å². The van der Waals surface area contributed by atoms with Crippen molar-refractivity contribution in [3.8, 4) is 0 Å². The van der Waals surface area contributed by atoms with Gasteiger partial charge in [-0.2, -0.15) is 0 Å². The van der Waals surface area contributed by atoms with E-state index >= 15 is 0 Å². The van der Waals surface area contributed by atoms with Gasteiger partial charge in [0.25, 0.3) is 0 Å². The Morgan fingerprint density at radius 2 is 1.94 bits per heavy atom. The summed E-state index contributed by atoms with van der Waals surface area (Å²) in [7, 11) is 0. The number of thiocarbonyl (C=S) groups is 1. The van der Waals surface area contributed by atoms with Crippen LogP contribution in [0, 0.1) is 0 Å². The Morgan fingerprint density at radius 1 is 1.24 bits per heavy atom. The van der Waals surface area contributed by atoms with Gasteiger partial charge >= 0.3 is 0 Å². The van der Waals surface area contributed by atoms with E-state index in [0.717, 1.165) is 31.5 Å². The van der Waals surface area contributed by atoms with Gasteiger partial charge in [0.15, 0.2) is 5.11 Å². The van der Waals surface area contributed by atoms with Crippen LogP contribution in [0.25, 0.3) is 0 Å². The molecule has 0 aliphatic carbocycles. The van der Waals surface area contributed by atoms with Crippen LogP contribution in [0.15, 0.2) is 18.2 Å². The van der Waals surface area contributed by atoms with Crippen LogP contribution in [0.2, 0.25) is 10.0 Å². The summed E-state index contributed by atoms with van der Waals surface area (Å²) in [4.78, 5) is 0. The van der Waals surface area contributed by atoms with Crippen LogP contribution in [0.5, 0.6) is 0 Å². The monoisotopic (exact) mass is 290 g/mol. The number of halogens is 2. The second kappa shape index (κ2) is 7.75. The molecule has 0 spiro atoms. The van der Waals surface area contributed by atoms with Crippen molar-refractivity contribution in [1.82, 2.24) is 10.6 Å². The molecule has 0 aliphatic rings. The predicted octanol–water partition coefficient (Wildman–Crippen LogP) is 3.41. The van der Waals surface area contributed by atoms with Crippen LogP contribution in [0.3, 0.4) is 0 Å². The highest BCUT2D eigenvalue weighted by Crippen LogP contribution is 2.20. The molecule has 0 heterocycles. The molecule has 2 nitrogen and oxygen atoms in total. The molecular weight excluding hydrogens is 275 g/mol. The Balaban J connectivity index is 2.33. The molecule has 0 atom stereocenters. The SMILES string of the molecule is CCCNC(=S)NCCc1ccc(Cl)cc1Cl. The van der Waals surface area contributed by atoms with E-state index in [1.165, 1.54) is 0 Å². The second-order valence-corrected chi connectivity index (χ2v) is 4.92. The molecule has 0 unspecified atom stereocenters. The summed E-state index contributed by atoms with van der Waals surface area (Å²) >= 11 is 17.0. The fourth-order valence-electron chi connectivity index (χ4n) is 1.34. The molecule has 1 aromatic carbocycles. The Kier molecular flexibility index (Phi) is 6.63. The molecule has 0 amide bonds. The van der Waals surface area contributed by atoms with Crippen LogP contribution in [-0.4, -0.2) is 18.2 Å². The van der Waals surface area contributed by atoms with Crippen molar-refractivity contribution in [3.05, 3.63) is 33.8 Å². The van der Waals surface area contributed by atoms with Crippen LogP contribution in [0.1, 0.15) is 18.9 Å². The van der Waals surface area contributed by atoms with Crippen molar-refractivity contribution < 1.29 is 0 Å². The minimum absolute atomic E-state index is 0.659. The van der Waals surface area contributed by atoms with Gasteiger partial charge in [-0.05, 0) is 42.8 Å². The van der Waals surface area contributed by atoms with Crippen molar-refractivity contribution in [2.75, 3.05) is 13.1 Å². The Hall–Kier alpha value is -0.510. The van der Waals surface area contributed by atoms with Crippen molar-refractivity contribution in [1.29, 1.82) is 0 Å². The van der Waals surface area contributed by atoms with E-state index in [0.29, 0.717) is 15.2 Å². The average Bonchev–Trinajstić information content (AvgIpc) is 2.29. The number of benzene rings is 1. The third kappa shape index (κ3) is 5.57. The highest BCUT2D eigenvalue weighted by molar-refractivity contribution is 7.80.